The Labute approximate surface area is 242 Å². The standard InChI is InChI=1S/C36H28N6/c1-40-21-36(40,20-37)22-15-27-26-17-25-24-11-5-8-14-32(24)42(23-9-3-2-4-10-23)34(25)18-33(26)41-19-31(28(16-22)35(27)41)39-30-13-7-6-12-29(30)38/h2-18,20,37H,19,21,38H2,1H3/b37-20?,39-31+/t36?,40-/m0/s1. The van der Waals surface area contributed by atoms with Crippen molar-refractivity contribution in [1.29, 1.82) is 5.41 Å². The number of hydrogen-bond acceptors (Lipinski definition) is 4. The van der Waals surface area contributed by atoms with E-state index in [1.807, 2.05) is 24.3 Å². The third-order valence-corrected chi connectivity index (χ3v) is 9.37. The summed E-state index contributed by atoms with van der Waals surface area (Å²) in [5.41, 5.74) is 16.6. The van der Waals surface area contributed by atoms with E-state index >= 15 is 0 Å². The molecule has 0 bridgehead atoms. The molecule has 0 aliphatic carbocycles. The number of fused-ring (bicyclic) bond motifs is 6. The van der Waals surface area contributed by atoms with Crippen molar-refractivity contribution in [2.24, 2.45) is 4.99 Å². The molecule has 7 aromatic rings. The van der Waals surface area contributed by atoms with Crippen molar-refractivity contribution >= 4 is 66.9 Å². The Morgan fingerprint density at radius 1 is 0.786 bits per heavy atom. The number of aliphatic imine (C=N–C) groups is 1. The molecule has 202 valence electrons. The van der Waals surface area contributed by atoms with Crippen LogP contribution in [0.1, 0.15) is 11.1 Å². The number of rotatable bonds is 4. The van der Waals surface area contributed by atoms with Crippen LogP contribution in [0.5, 0.6) is 0 Å². The van der Waals surface area contributed by atoms with Gasteiger partial charge in [0, 0.05) is 45.6 Å². The first-order valence-corrected chi connectivity index (χ1v) is 14.3. The lowest BCUT2D eigenvalue weighted by molar-refractivity contribution is 0.583. The molecular weight excluding hydrogens is 516 g/mol. The van der Waals surface area contributed by atoms with Gasteiger partial charge in [-0.05, 0) is 67.2 Å². The lowest BCUT2D eigenvalue weighted by Gasteiger charge is -2.13. The van der Waals surface area contributed by atoms with Gasteiger partial charge < -0.3 is 20.3 Å². The van der Waals surface area contributed by atoms with Gasteiger partial charge in [-0.15, -0.1) is 0 Å². The molecule has 42 heavy (non-hydrogen) atoms. The van der Waals surface area contributed by atoms with Gasteiger partial charge in [0.05, 0.1) is 51.2 Å². The van der Waals surface area contributed by atoms with Crippen LogP contribution in [-0.4, -0.2) is 39.6 Å². The first kappa shape index (κ1) is 23.5. The lowest BCUT2D eigenvalue weighted by Crippen LogP contribution is -2.16. The average molecular weight is 545 g/mol. The number of nitrogens with two attached hydrogens (primary N) is 1. The second kappa shape index (κ2) is 8.18. The van der Waals surface area contributed by atoms with Gasteiger partial charge in [0.2, 0.25) is 0 Å². The molecule has 6 heteroatoms. The SMILES string of the molecule is C[N@@]1CC1(C=N)c1cc2c3c(c1)c1cc4c5ccccc5n(-c5ccccc5)c4cc1n3C/C2=N\c1ccccc1N. The molecule has 2 aliphatic rings. The minimum absolute atomic E-state index is 0.369. The van der Waals surface area contributed by atoms with Crippen LogP contribution >= 0.6 is 0 Å². The van der Waals surface area contributed by atoms with Crippen LogP contribution in [-0.2, 0) is 12.1 Å². The van der Waals surface area contributed by atoms with Crippen LogP contribution in [0.25, 0.3) is 49.3 Å². The summed E-state index contributed by atoms with van der Waals surface area (Å²) in [6, 6.07) is 36.4. The number of para-hydroxylation sites is 4. The smallest absolute Gasteiger partial charge is 0.0939 e. The third-order valence-electron chi connectivity index (χ3n) is 9.37. The van der Waals surface area contributed by atoms with Gasteiger partial charge in [-0.1, -0.05) is 48.5 Å². The summed E-state index contributed by atoms with van der Waals surface area (Å²) in [5, 5.41) is 13.3. The Morgan fingerprint density at radius 3 is 2.31 bits per heavy atom. The first-order chi connectivity index (χ1) is 20.6. The molecule has 1 fully saturated rings. The summed E-state index contributed by atoms with van der Waals surface area (Å²) in [6.07, 6.45) is 1.59. The van der Waals surface area contributed by atoms with Gasteiger partial charge in [0.25, 0.3) is 0 Å². The van der Waals surface area contributed by atoms with Gasteiger partial charge in [-0.2, -0.15) is 0 Å². The maximum atomic E-state index is 8.33. The summed E-state index contributed by atoms with van der Waals surface area (Å²) < 4.78 is 4.79. The predicted octanol–water partition coefficient (Wildman–Crippen LogP) is 7.40. The molecule has 4 heterocycles. The van der Waals surface area contributed by atoms with Crippen LogP contribution < -0.4 is 5.73 Å². The summed E-state index contributed by atoms with van der Waals surface area (Å²) >= 11 is 0. The molecule has 9 rings (SSSR count). The van der Waals surface area contributed by atoms with E-state index in [-0.39, 0.29) is 5.54 Å². The van der Waals surface area contributed by atoms with Crippen LogP contribution in [0.2, 0.25) is 0 Å². The van der Waals surface area contributed by atoms with E-state index in [2.05, 4.69) is 99.9 Å². The number of benzene rings is 5. The van der Waals surface area contributed by atoms with E-state index < -0.39 is 0 Å². The number of anilines is 1. The average Bonchev–Trinajstić information content (AvgIpc) is 3.28. The quantitative estimate of drug-likeness (QED) is 0.138. The van der Waals surface area contributed by atoms with Crippen molar-refractivity contribution < 1.29 is 0 Å². The van der Waals surface area contributed by atoms with Crippen molar-refractivity contribution in [2.45, 2.75) is 12.1 Å². The Balaban J connectivity index is 1.39. The first-order valence-electron chi connectivity index (χ1n) is 14.3. The summed E-state index contributed by atoms with van der Waals surface area (Å²) in [5.74, 6) is 0. The monoisotopic (exact) mass is 544 g/mol. The van der Waals surface area contributed by atoms with Crippen molar-refractivity contribution in [1.82, 2.24) is 14.0 Å². The number of nitrogens with zero attached hydrogens (tertiary/aromatic N) is 4. The van der Waals surface area contributed by atoms with E-state index in [0.29, 0.717) is 12.2 Å². The fraction of sp³-hybridized carbons (Fsp3) is 0.111. The van der Waals surface area contributed by atoms with Crippen LogP contribution in [0.4, 0.5) is 11.4 Å². The molecule has 2 aliphatic heterocycles. The molecule has 0 radical (unpaired) electrons. The zero-order valence-corrected chi connectivity index (χ0v) is 23.2. The fourth-order valence-electron chi connectivity index (χ4n) is 7.13. The number of nitrogens with one attached hydrogen (secondary N) is 1. The van der Waals surface area contributed by atoms with E-state index in [9.17, 15) is 0 Å². The minimum Gasteiger partial charge on any atom is -0.397 e. The molecular formula is C36H28N6. The maximum absolute atomic E-state index is 8.33. The number of likely N-dealkylation sites (N-methyl/N-ethyl adjacent to an activating group) is 1. The maximum Gasteiger partial charge on any atom is 0.0939 e. The molecule has 2 atom stereocenters. The van der Waals surface area contributed by atoms with Crippen molar-refractivity contribution in [3.05, 3.63) is 114 Å². The Kier molecular flexibility index (Phi) is 4.58. The highest BCUT2D eigenvalue weighted by molar-refractivity contribution is 6.25. The normalized spacial score (nSPS) is 20.4. The minimum atomic E-state index is -0.369. The largest absolute Gasteiger partial charge is 0.397 e. The molecule has 3 N–H and O–H groups in total. The number of nitrogen functional groups attached to an aromatic ring is 1. The zero-order chi connectivity index (χ0) is 28.2. The molecule has 6 nitrogen and oxygen atoms in total. The van der Waals surface area contributed by atoms with Crippen molar-refractivity contribution in [3.63, 3.8) is 0 Å². The second-order valence-corrected chi connectivity index (χ2v) is 11.6. The second-order valence-electron chi connectivity index (χ2n) is 11.6. The van der Waals surface area contributed by atoms with Crippen LogP contribution in [0.15, 0.2) is 108 Å². The molecule has 5 aromatic carbocycles. The number of hydrogen-bond donors (Lipinski definition) is 2. The predicted molar refractivity (Wildman–Crippen MR) is 174 cm³/mol. The third kappa shape index (κ3) is 3.02. The van der Waals surface area contributed by atoms with E-state index in [4.69, 9.17) is 16.1 Å². The highest BCUT2D eigenvalue weighted by Gasteiger charge is 2.50. The molecule has 0 spiro atoms. The summed E-state index contributed by atoms with van der Waals surface area (Å²) in [4.78, 5) is 7.34. The topological polar surface area (TPSA) is 75.1 Å². The van der Waals surface area contributed by atoms with Crippen molar-refractivity contribution in [3.8, 4) is 5.69 Å². The summed E-state index contributed by atoms with van der Waals surface area (Å²) in [7, 11) is 2.08. The Bertz CT molecular complexity index is 2310. The molecule has 2 aromatic heterocycles. The van der Waals surface area contributed by atoms with E-state index in [1.54, 1.807) is 6.21 Å². The highest BCUT2D eigenvalue weighted by Crippen LogP contribution is 2.46. The van der Waals surface area contributed by atoms with Gasteiger partial charge in [-0.3, -0.25) is 4.90 Å². The fourth-order valence-corrected chi connectivity index (χ4v) is 7.13. The van der Waals surface area contributed by atoms with Crippen molar-refractivity contribution in [2.75, 3.05) is 19.3 Å². The van der Waals surface area contributed by atoms with E-state index in [1.165, 1.54) is 43.6 Å². The van der Waals surface area contributed by atoms with Gasteiger partial charge in [0.1, 0.15) is 0 Å². The highest BCUT2D eigenvalue weighted by atomic mass is 15.3. The molecule has 1 saturated heterocycles. The summed E-state index contributed by atoms with van der Waals surface area (Å²) in [6.45, 7) is 1.50. The zero-order valence-electron chi connectivity index (χ0n) is 23.2. The van der Waals surface area contributed by atoms with Crippen LogP contribution in [0, 0.1) is 5.41 Å². The molecule has 1 unspecified atom stereocenters. The molecule has 0 amide bonds. The van der Waals surface area contributed by atoms with Gasteiger partial charge >= 0.3 is 0 Å². The van der Waals surface area contributed by atoms with Crippen LogP contribution in [0.3, 0.4) is 0 Å². The Morgan fingerprint density at radius 2 is 1.52 bits per heavy atom. The van der Waals surface area contributed by atoms with Gasteiger partial charge in [0.15, 0.2) is 0 Å². The lowest BCUT2D eigenvalue weighted by atomic mass is 9.94. The van der Waals surface area contributed by atoms with Gasteiger partial charge in [-0.25, -0.2) is 4.99 Å². The van der Waals surface area contributed by atoms with E-state index in [0.717, 1.165) is 34.8 Å². The number of aromatic nitrogens is 2. The Hall–Kier alpha value is -5.20. The molecule has 0 saturated carbocycles.